The summed E-state index contributed by atoms with van der Waals surface area (Å²) >= 11 is 0. The van der Waals surface area contributed by atoms with Crippen LogP contribution in [0.1, 0.15) is 43.1 Å². The van der Waals surface area contributed by atoms with Crippen LogP contribution in [-0.4, -0.2) is 40.2 Å². The average molecular weight is 428 g/mol. The lowest BCUT2D eigenvalue weighted by molar-refractivity contribution is -0.146. The minimum Gasteiger partial charge on any atom is -0.466 e. The largest absolute Gasteiger partial charge is 0.466 e. The van der Waals surface area contributed by atoms with Gasteiger partial charge in [-0.1, -0.05) is 18.2 Å². The summed E-state index contributed by atoms with van der Waals surface area (Å²) < 4.78 is 12.3. The van der Waals surface area contributed by atoms with E-state index in [-0.39, 0.29) is 36.7 Å². The maximum Gasteiger partial charge on any atom is 0.338 e. The Kier molecular flexibility index (Phi) is 6.84. The fraction of sp³-hybridized carbons (Fsp3) is 0.409. The molecule has 0 saturated heterocycles. The molecule has 0 amide bonds. The van der Waals surface area contributed by atoms with Crippen LogP contribution >= 0.6 is 0 Å². The number of hydrogen-bond acceptors (Lipinski definition) is 7. The van der Waals surface area contributed by atoms with E-state index in [1.807, 2.05) is 0 Å². The molecule has 164 valence electrons. The highest BCUT2D eigenvalue weighted by atomic mass is 16.5. The van der Waals surface area contributed by atoms with Gasteiger partial charge in [0.2, 0.25) is 0 Å². The summed E-state index contributed by atoms with van der Waals surface area (Å²) in [4.78, 5) is 60.6. The van der Waals surface area contributed by atoms with E-state index in [0.717, 1.165) is 0 Å². The molecule has 1 aromatic heterocycles. The Balaban J connectivity index is 1.90. The lowest BCUT2D eigenvalue weighted by Gasteiger charge is -2.18. The first-order valence-corrected chi connectivity index (χ1v) is 9.98. The molecule has 0 spiro atoms. The monoisotopic (exact) mass is 428 g/mol. The van der Waals surface area contributed by atoms with Crippen LogP contribution in [0, 0.1) is 11.8 Å². The second-order valence-corrected chi connectivity index (χ2v) is 7.60. The molecule has 31 heavy (non-hydrogen) atoms. The highest BCUT2D eigenvalue weighted by molar-refractivity contribution is 5.95. The number of carbonyl (C=O) groups is 3. The summed E-state index contributed by atoms with van der Waals surface area (Å²) in [5.41, 5.74) is -1.21. The Morgan fingerprint density at radius 1 is 0.903 bits per heavy atom. The van der Waals surface area contributed by atoms with Crippen LogP contribution in [0.4, 0.5) is 0 Å². The lowest BCUT2D eigenvalue weighted by Crippen LogP contribution is -2.44. The van der Waals surface area contributed by atoms with Gasteiger partial charge in [-0.2, -0.15) is 4.57 Å². The van der Waals surface area contributed by atoms with Crippen molar-refractivity contribution in [3.8, 4) is 0 Å². The summed E-state index contributed by atoms with van der Waals surface area (Å²) in [5.74, 6) is -1.81. The molecule has 2 atom stereocenters. The van der Waals surface area contributed by atoms with Crippen LogP contribution < -0.4 is 11.2 Å². The van der Waals surface area contributed by atoms with Crippen molar-refractivity contribution in [2.45, 2.75) is 32.7 Å². The molecule has 1 aliphatic rings. The summed E-state index contributed by atoms with van der Waals surface area (Å²) in [6.45, 7) is 2.89. The molecule has 2 aromatic rings. The number of ether oxygens (including phenoxy) is 2. The molecule has 1 saturated carbocycles. The van der Waals surface area contributed by atoms with Gasteiger partial charge in [0.25, 0.3) is 11.5 Å². The van der Waals surface area contributed by atoms with Crippen LogP contribution in [0.25, 0.3) is 0 Å². The number of hydrogen-bond donors (Lipinski definition) is 0. The predicted octanol–water partition coefficient (Wildman–Crippen LogP) is 1.39. The van der Waals surface area contributed by atoms with Crippen LogP contribution in [0.5, 0.6) is 0 Å². The van der Waals surface area contributed by atoms with Gasteiger partial charge in [0.1, 0.15) is 0 Å². The molecular formula is C22H24N2O7. The molecule has 9 nitrogen and oxygen atoms in total. The zero-order chi connectivity index (χ0) is 22.5. The van der Waals surface area contributed by atoms with Gasteiger partial charge in [-0.05, 0) is 25.0 Å². The van der Waals surface area contributed by atoms with Crippen molar-refractivity contribution >= 4 is 17.8 Å². The van der Waals surface area contributed by atoms with Crippen molar-refractivity contribution in [2.75, 3.05) is 13.2 Å². The van der Waals surface area contributed by atoms with Gasteiger partial charge in [0, 0.05) is 49.6 Å². The van der Waals surface area contributed by atoms with Crippen molar-refractivity contribution in [1.82, 2.24) is 9.13 Å². The molecule has 0 unspecified atom stereocenters. The first-order chi connectivity index (χ1) is 14.8. The van der Waals surface area contributed by atoms with E-state index < -0.39 is 29.1 Å². The van der Waals surface area contributed by atoms with Crippen LogP contribution in [-0.2, 0) is 19.1 Å². The Hall–Kier alpha value is -3.49. The van der Waals surface area contributed by atoms with Crippen molar-refractivity contribution < 1.29 is 23.9 Å². The summed E-state index contributed by atoms with van der Waals surface area (Å²) in [7, 11) is 0. The first-order valence-electron chi connectivity index (χ1n) is 9.98. The minimum absolute atomic E-state index is 0.134. The summed E-state index contributed by atoms with van der Waals surface area (Å²) in [6.07, 6.45) is 2.31. The maximum atomic E-state index is 13.1. The van der Waals surface area contributed by atoms with Crippen molar-refractivity contribution in [3.63, 3.8) is 0 Å². The number of carbonyl (C=O) groups excluding carboxylic acids is 3. The number of aromatic nitrogens is 2. The fourth-order valence-corrected chi connectivity index (χ4v) is 3.93. The summed E-state index contributed by atoms with van der Waals surface area (Å²) in [5, 5.41) is 0. The van der Waals surface area contributed by atoms with Gasteiger partial charge in [0.15, 0.2) is 0 Å². The molecule has 1 aliphatic carbocycles. The van der Waals surface area contributed by atoms with Crippen LogP contribution in [0.15, 0.2) is 52.2 Å². The smallest absolute Gasteiger partial charge is 0.338 e. The molecule has 0 N–H and O–H groups in total. The zero-order valence-electron chi connectivity index (χ0n) is 17.4. The van der Waals surface area contributed by atoms with Crippen LogP contribution in [0.3, 0.4) is 0 Å². The van der Waals surface area contributed by atoms with Gasteiger partial charge in [-0.25, -0.2) is 4.79 Å². The molecule has 3 rings (SSSR count). The van der Waals surface area contributed by atoms with Gasteiger partial charge >= 0.3 is 17.6 Å². The summed E-state index contributed by atoms with van der Waals surface area (Å²) in [6, 6.07) is 8.93. The normalized spacial score (nSPS) is 18.5. The Morgan fingerprint density at radius 3 is 1.97 bits per heavy atom. The highest BCUT2D eigenvalue weighted by Gasteiger charge is 2.37. The standard InChI is InChI=1S/C22H24N2O7/c1-14(25)30-12-17-10-19(11-18(17)13-31-15(2)26)23-9-8-20(27)24(22(23)29)21(28)16-6-4-3-5-7-16/h3-9,17-19H,10-13H2,1-2H3/t17-,18-/m0/s1. The van der Waals surface area contributed by atoms with Crippen LogP contribution in [0.2, 0.25) is 0 Å². The van der Waals surface area contributed by atoms with E-state index in [0.29, 0.717) is 17.4 Å². The molecule has 1 aromatic carbocycles. The van der Waals surface area contributed by atoms with E-state index in [1.54, 1.807) is 18.2 Å². The third-order valence-electron chi connectivity index (χ3n) is 5.45. The average Bonchev–Trinajstić information content (AvgIpc) is 3.14. The molecule has 0 bridgehead atoms. The molecule has 0 aliphatic heterocycles. The van der Waals surface area contributed by atoms with E-state index >= 15 is 0 Å². The topological polar surface area (TPSA) is 114 Å². The molecular weight excluding hydrogens is 404 g/mol. The van der Waals surface area contributed by atoms with Crippen molar-refractivity contribution in [1.29, 1.82) is 0 Å². The number of benzene rings is 1. The highest BCUT2D eigenvalue weighted by Crippen LogP contribution is 2.39. The Bertz CT molecular complexity index is 1060. The van der Waals surface area contributed by atoms with Crippen molar-refractivity contribution in [2.24, 2.45) is 11.8 Å². The first kappa shape index (κ1) is 22.2. The van der Waals surface area contributed by atoms with E-state index in [4.69, 9.17) is 9.47 Å². The molecule has 0 radical (unpaired) electrons. The fourth-order valence-electron chi connectivity index (χ4n) is 3.93. The second-order valence-electron chi connectivity index (χ2n) is 7.60. The quantitative estimate of drug-likeness (QED) is 0.639. The van der Waals surface area contributed by atoms with E-state index in [2.05, 4.69) is 0 Å². The number of rotatable bonds is 6. The Labute approximate surface area is 178 Å². The van der Waals surface area contributed by atoms with E-state index in [1.165, 1.54) is 42.8 Å². The van der Waals surface area contributed by atoms with Crippen molar-refractivity contribution in [3.05, 3.63) is 69.0 Å². The zero-order valence-corrected chi connectivity index (χ0v) is 17.4. The number of esters is 2. The SMILES string of the molecule is CC(=O)OC[C@@H]1CC(n2ccc(=O)n(C(=O)c3ccccc3)c2=O)C[C@H]1COC(C)=O. The lowest BCUT2D eigenvalue weighted by atomic mass is 9.98. The molecule has 1 fully saturated rings. The van der Waals surface area contributed by atoms with Gasteiger partial charge in [-0.15, -0.1) is 0 Å². The molecule has 9 heteroatoms. The van der Waals surface area contributed by atoms with Gasteiger partial charge in [0.05, 0.1) is 13.2 Å². The maximum absolute atomic E-state index is 13.1. The van der Waals surface area contributed by atoms with Gasteiger partial charge in [-0.3, -0.25) is 23.7 Å². The van der Waals surface area contributed by atoms with E-state index in [9.17, 15) is 24.0 Å². The van der Waals surface area contributed by atoms with Gasteiger partial charge < -0.3 is 9.47 Å². The predicted molar refractivity (Wildman–Crippen MR) is 110 cm³/mol. The second kappa shape index (κ2) is 9.55. The minimum atomic E-state index is -0.731. The molecule has 1 heterocycles. The Morgan fingerprint density at radius 2 is 1.45 bits per heavy atom. The third kappa shape index (κ3) is 5.17. The number of nitrogens with zero attached hydrogens (tertiary/aromatic N) is 2. The third-order valence-corrected chi connectivity index (χ3v) is 5.45.